The van der Waals surface area contributed by atoms with E-state index in [0.29, 0.717) is 0 Å². The number of nitrogens with two attached hydrogens (primary N) is 1. The fourth-order valence-electron chi connectivity index (χ4n) is 2.00. The topological polar surface area (TPSA) is 26.0 Å². The van der Waals surface area contributed by atoms with Gasteiger partial charge in [0.15, 0.2) is 0 Å². The second-order valence-corrected chi connectivity index (χ2v) is 7.79. The predicted octanol–water partition coefficient (Wildman–Crippen LogP) is 5.88. The van der Waals surface area contributed by atoms with Gasteiger partial charge in [-0.15, -0.1) is 11.3 Å². The Morgan fingerprint density at radius 2 is 2.06 bits per heavy atom. The average Bonchev–Trinajstić information content (AvgIpc) is 2.65. The predicted molar refractivity (Wildman–Crippen MR) is 84.6 cm³/mol. The van der Waals surface area contributed by atoms with Crippen LogP contribution in [0, 0.1) is 5.92 Å². The van der Waals surface area contributed by atoms with Crippen molar-refractivity contribution in [2.24, 2.45) is 11.7 Å². The van der Waals surface area contributed by atoms with Crippen LogP contribution >= 0.6 is 43.2 Å². The summed E-state index contributed by atoms with van der Waals surface area (Å²) >= 11 is 8.79. The second-order valence-electron chi connectivity index (χ2n) is 4.53. The van der Waals surface area contributed by atoms with Crippen LogP contribution in [-0.4, -0.2) is 0 Å². The number of halogens is 2. The van der Waals surface area contributed by atoms with Gasteiger partial charge in [0.25, 0.3) is 0 Å². The van der Waals surface area contributed by atoms with E-state index in [2.05, 4.69) is 51.8 Å². The van der Waals surface area contributed by atoms with E-state index in [0.717, 1.165) is 20.6 Å². The minimum absolute atomic E-state index is 0.185. The molecule has 1 rings (SSSR count). The first-order valence-electron chi connectivity index (χ1n) is 6.28. The summed E-state index contributed by atoms with van der Waals surface area (Å²) < 4.78 is 2.26. The Balaban J connectivity index is 2.54. The van der Waals surface area contributed by atoms with E-state index in [4.69, 9.17) is 5.73 Å². The highest BCUT2D eigenvalue weighted by molar-refractivity contribution is 9.13. The lowest BCUT2D eigenvalue weighted by atomic mass is 9.92. The van der Waals surface area contributed by atoms with Crippen LogP contribution in [0.25, 0.3) is 0 Å². The van der Waals surface area contributed by atoms with Crippen LogP contribution in [0.5, 0.6) is 0 Å². The third-order valence-corrected chi connectivity index (χ3v) is 6.55. The minimum Gasteiger partial charge on any atom is -0.323 e. The summed E-state index contributed by atoms with van der Waals surface area (Å²) in [5, 5.41) is 0. The van der Waals surface area contributed by atoms with Gasteiger partial charge in [-0.2, -0.15) is 0 Å². The van der Waals surface area contributed by atoms with Gasteiger partial charge < -0.3 is 5.73 Å². The van der Waals surface area contributed by atoms with Gasteiger partial charge >= 0.3 is 0 Å². The second kappa shape index (κ2) is 7.93. The molecule has 2 unspecified atom stereocenters. The summed E-state index contributed by atoms with van der Waals surface area (Å²) in [4.78, 5) is 1.28. The molecule has 0 fully saturated rings. The first kappa shape index (κ1) is 15.7. The molecule has 0 saturated carbocycles. The maximum atomic E-state index is 6.29. The number of hydrogen-bond donors (Lipinski definition) is 1. The molecule has 4 heteroatoms. The monoisotopic (exact) mass is 381 g/mol. The van der Waals surface area contributed by atoms with E-state index < -0.39 is 0 Å². The van der Waals surface area contributed by atoms with Crippen molar-refractivity contribution in [1.82, 2.24) is 0 Å². The molecular formula is C13H21Br2NS. The highest BCUT2D eigenvalue weighted by atomic mass is 79.9. The van der Waals surface area contributed by atoms with Crippen molar-refractivity contribution in [3.05, 3.63) is 19.2 Å². The van der Waals surface area contributed by atoms with Crippen LogP contribution in [0.2, 0.25) is 0 Å². The Bertz CT molecular complexity index is 319. The lowest BCUT2D eigenvalue weighted by molar-refractivity contribution is 0.390. The summed E-state index contributed by atoms with van der Waals surface area (Å²) in [7, 11) is 0. The summed E-state index contributed by atoms with van der Waals surface area (Å²) in [6.45, 7) is 4.52. The van der Waals surface area contributed by atoms with Crippen molar-refractivity contribution >= 4 is 43.2 Å². The zero-order chi connectivity index (χ0) is 12.8. The molecule has 0 aliphatic carbocycles. The zero-order valence-corrected chi connectivity index (χ0v) is 14.5. The Labute approximate surface area is 125 Å². The molecule has 0 amide bonds. The molecule has 2 N–H and O–H groups in total. The molecule has 0 saturated heterocycles. The van der Waals surface area contributed by atoms with Gasteiger partial charge in [0.1, 0.15) is 0 Å². The molecule has 1 heterocycles. The van der Waals surface area contributed by atoms with Gasteiger partial charge in [-0.1, -0.05) is 39.5 Å². The van der Waals surface area contributed by atoms with E-state index >= 15 is 0 Å². The molecule has 1 aromatic heterocycles. The van der Waals surface area contributed by atoms with Gasteiger partial charge in [0.2, 0.25) is 0 Å². The van der Waals surface area contributed by atoms with Crippen molar-refractivity contribution < 1.29 is 0 Å². The highest BCUT2D eigenvalue weighted by Gasteiger charge is 2.16. The van der Waals surface area contributed by atoms with Gasteiger partial charge in [-0.3, -0.25) is 0 Å². The molecule has 98 valence electrons. The quantitative estimate of drug-likeness (QED) is 0.625. The van der Waals surface area contributed by atoms with Crippen LogP contribution in [0.1, 0.15) is 56.9 Å². The van der Waals surface area contributed by atoms with Gasteiger partial charge in [-0.05, 0) is 50.3 Å². The minimum atomic E-state index is 0.185. The normalized spacial score (nSPS) is 14.9. The largest absolute Gasteiger partial charge is 0.323 e. The number of rotatable bonds is 7. The molecular weight excluding hydrogens is 362 g/mol. The standard InChI is InChI=1S/C13H21Br2NS/c1-3-5-6-9(4-2)7-11(16)12-8-10(14)13(15)17-12/h8-9,11H,3-7,16H2,1-2H3. The highest BCUT2D eigenvalue weighted by Crippen LogP contribution is 2.37. The first-order valence-corrected chi connectivity index (χ1v) is 8.69. The van der Waals surface area contributed by atoms with E-state index in [1.807, 2.05) is 0 Å². The Morgan fingerprint density at radius 1 is 1.35 bits per heavy atom. The fraction of sp³-hybridized carbons (Fsp3) is 0.692. The summed E-state index contributed by atoms with van der Waals surface area (Å²) in [5.74, 6) is 0.768. The summed E-state index contributed by atoms with van der Waals surface area (Å²) in [6, 6.07) is 2.33. The molecule has 0 aliphatic heterocycles. The summed E-state index contributed by atoms with van der Waals surface area (Å²) in [5.41, 5.74) is 6.29. The third kappa shape index (κ3) is 5.01. The molecule has 0 aliphatic rings. The number of hydrogen-bond acceptors (Lipinski definition) is 2. The smallest absolute Gasteiger partial charge is 0.0843 e. The molecule has 0 aromatic carbocycles. The Kier molecular flexibility index (Phi) is 7.31. The Hall–Kier alpha value is 0.620. The van der Waals surface area contributed by atoms with E-state index in [1.54, 1.807) is 11.3 Å². The van der Waals surface area contributed by atoms with E-state index in [1.165, 1.54) is 30.6 Å². The fourth-order valence-corrected chi connectivity index (χ4v) is 4.11. The zero-order valence-electron chi connectivity index (χ0n) is 10.5. The van der Waals surface area contributed by atoms with Crippen molar-refractivity contribution in [1.29, 1.82) is 0 Å². The molecule has 17 heavy (non-hydrogen) atoms. The lowest BCUT2D eigenvalue weighted by Gasteiger charge is -2.18. The molecule has 2 atom stereocenters. The molecule has 1 nitrogen and oxygen atoms in total. The molecule has 0 radical (unpaired) electrons. The van der Waals surface area contributed by atoms with Crippen LogP contribution < -0.4 is 5.73 Å². The number of unbranched alkanes of at least 4 members (excludes halogenated alkanes) is 1. The lowest BCUT2D eigenvalue weighted by Crippen LogP contribution is -2.14. The third-order valence-electron chi connectivity index (χ3n) is 3.16. The van der Waals surface area contributed by atoms with Crippen LogP contribution in [0.15, 0.2) is 14.3 Å². The first-order chi connectivity index (χ1) is 8.08. The van der Waals surface area contributed by atoms with E-state index in [9.17, 15) is 0 Å². The summed E-state index contributed by atoms with van der Waals surface area (Å²) in [6.07, 6.45) is 6.26. The number of thiophene rings is 1. The maximum absolute atomic E-state index is 6.29. The Morgan fingerprint density at radius 3 is 2.53 bits per heavy atom. The van der Waals surface area contributed by atoms with Gasteiger partial charge in [-0.25, -0.2) is 0 Å². The van der Waals surface area contributed by atoms with Gasteiger partial charge in [0, 0.05) is 15.4 Å². The maximum Gasteiger partial charge on any atom is 0.0843 e. The van der Waals surface area contributed by atoms with Crippen LogP contribution in [0.4, 0.5) is 0 Å². The molecule has 0 bridgehead atoms. The van der Waals surface area contributed by atoms with Gasteiger partial charge in [0.05, 0.1) is 3.79 Å². The van der Waals surface area contributed by atoms with Crippen LogP contribution in [0.3, 0.4) is 0 Å². The van der Waals surface area contributed by atoms with Crippen LogP contribution in [-0.2, 0) is 0 Å². The average molecular weight is 383 g/mol. The van der Waals surface area contributed by atoms with Crippen molar-refractivity contribution in [2.45, 2.75) is 52.0 Å². The van der Waals surface area contributed by atoms with Crippen molar-refractivity contribution in [2.75, 3.05) is 0 Å². The molecule has 1 aromatic rings. The molecule has 0 spiro atoms. The SMILES string of the molecule is CCCCC(CC)CC(N)c1cc(Br)c(Br)s1. The van der Waals surface area contributed by atoms with Crippen molar-refractivity contribution in [3.8, 4) is 0 Å². The van der Waals surface area contributed by atoms with E-state index in [-0.39, 0.29) is 6.04 Å². The van der Waals surface area contributed by atoms with Crippen molar-refractivity contribution in [3.63, 3.8) is 0 Å².